The molecule has 1 aromatic carbocycles. The number of nitrogens with two attached hydrogens (primary N) is 1. The molecule has 0 aliphatic carbocycles. The van der Waals surface area contributed by atoms with E-state index < -0.39 is 11.0 Å². The second-order valence-electron chi connectivity index (χ2n) is 6.35. The van der Waals surface area contributed by atoms with Gasteiger partial charge < -0.3 is 11.1 Å². The van der Waals surface area contributed by atoms with E-state index in [-0.39, 0.29) is 5.91 Å². The van der Waals surface area contributed by atoms with E-state index in [1.807, 2.05) is 39.8 Å². The maximum Gasteiger partial charge on any atom is 0.230 e. The van der Waals surface area contributed by atoms with E-state index >= 15 is 0 Å². The molecule has 0 spiro atoms. The second-order valence-corrected chi connectivity index (χ2v) is 6.35. The molecule has 3 heteroatoms. The second kappa shape index (κ2) is 5.74. The fourth-order valence-electron chi connectivity index (χ4n) is 1.82. The normalized spacial score (nSPS) is 12.3. The van der Waals surface area contributed by atoms with Crippen LogP contribution in [0.2, 0.25) is 0 Å². The first-order chi connectivity index (χ1) is 8.66. The highest BCUT2D eigenvalue weighted by molar-refractivity contribution is 5.87. The van der Waals surface area contributed by atoms with E-state index in [0.29, 0.717) is 6.54 Å². The molecule has 0 saturated heterocycles. The highest BCUT2D eigenvalue weighted by atomic mass is 16.2. The van der Waals surface area contributed by atoms with Crippen molar-refractivity contribution >= 4 is 5.91 Å². The largest absolute Gasteiger partial charge is 0.354 e. The first-order valence-electron chi connectivity index (χ1n) is 6.83. The van der Waals surface area contributed by atoms with Crippen LogP contribution in [-0.4, -0.2) is 18.0 Å². The topological polar surface area (TPSA) is 55.1 Å². The van der Waals surface area contributed by atoms with Gasteiger partial charge in [0.1, 0.15) is 0 Å². The molecular formula is C16H26N2O. The Morgan fingerprint density at radius 2 is 1.68 bits per heavy atom. The van der Waals surface area contributed by atoms with Gasteiger partial charge in [-0.05, 0) is 45.2 Å². The highest BCUT2D eigenvalue weighted by Gasteiger charge is 2.30. The maximum absolute atomic E-state index is 12.3. The van der Waals surface area contributed by atoms with Crippen LogP contribution in [0.1, 0.15) is 45.7 Å². The molecule has 0 radical (unpaired) electrons. The molecule has 0 aliphatic heterocycles. The number of carbonyl (C=O) groups is 1. The van der Waals surface area contributed by atoms with E-state index in [9.17, 15) is 4.79 Å². The minimum atomic E-state index is -0.544. The van der Waals surface area contributed by atoms with Gasteiger partial charge in [-0.15, -0.1) is 0 Å². The third kappa shape index (κ3) is 4.35. The molecule has 106 valence electrons. The lowest BCUT2D eigenvalue weighted by atomic mass is 9.83. The quantitative estimate of drug-likeness (QED) is 0.856. The van der Waals surface area contributed by atoms with Crippen molar-refractivity contribution in [2.75, 3.05) is 6.54 Å². The SMILES string of the molecule is CCc1ccc(C(C)(C)C(=O)NCC(C)(C)N)cc1. The van der Waals surface area contributed by atoms with Crippen molar-refractivity contribution < 1.29 is 4.79 Å². The van der Waals surface area contributed by atoms with Gasteiger partial charge in [0.25, 0.3) is 0 Å². The highest BCUT2D eigenvalue weighted by Crippen LogP contribution is 2.24. The lowest BCUT2D eigenvalue weighted by Crippen LogP contribution is -2.49. The molecule has 1 rings (SSSR count). The van der Waals surface area contributed by atoms with E-state index in [0.717, 1.165) is 12.0 Å². The summed E-state index contributed by atoms with van der Waals surface area (Å²) >= 11 is 0. The van der Waals surface area contributed by atoms with Crippen LogP contribution < -0.4 is 11.1 Å². The van der Waals surface area contributed by atoms with Crippen LogP contribution in [-0.2, 0) is 16.6 Å². The number of amides is 1. The molecule has 0 heterocycles. The van der Waals surface area contributed by atoms with Crippen molar-refractivity contribution in [3.05, 3.63) is 35.4 Å². The van der Waals surface area contributed by atoms with Gasteiger partial charge >= 0.3 is 0 Å². The monoisotopic (exact) mass is 262 g/mol. The third-order valence-electron chi connectivity index (χ3n) is 3.36. The van der Waals surface area contributed by atoms with E-state index in [1.165, 1.54) is 5.56 Å². The van der Waals surface area contributed by atoms with Gasteiger partial charge in [0.15, 0.2) is 0 Å². The van der Waals surface area contributed by atoms with Crippen LogP contribution in [0.15, 0.2) is 24.3 Å². The lowest BCUT2D eigenvalue weighted by molar-refractivity contribution is -0.125. The zero-order chi connectivity index (χ0) is 14.7. The summed E-state index contributed by atoms with van der Waals surface area (Å²) in [7, 11) is 0. The number of hydrogen-bond donors (Lipinski definition) is 2. The van der Waals surface area contributed by atoms with Crippen molar-refractivity contribution in [1.82, 2.24) is 5.32 Å². The Bertz CT molecular complexity index is 427. The molecule has 0 bridgehead atoms. The fourth-order valence-corrected chi connectivity index (χ4v) is 1.82. The Labute approximate surface area is 116 Å². The number of rotatable bonds is 5. The molecule has 0 saturated carbocycles. The Kier molecular flexibility index (Phi) is 4.75. The van der Waals surface area contributed by atoms with Crippen LogP contribution >= 0.6 is 0 Å². The molecule has 1 aromatic rings. The van der Waals surface area contributed by atoms with Gasteiger partial charge in [-0.3, -0.25) is 4.79 Å². The van der Waals surface area contributed by atoms with Crippen molar-refractivity contribution in [3.63, 3.8) is 0 Å². The summed E-state index contributed by atoms with van der Waals surface area (Å²) in [6.07, 6.45) is 1.01. The van der Waals surface area contributed by atoms with E-state index in [2.05, 4.69) is 24.4 Å². The van der Waals surface area contributed by atoms with Crippen LogP contribution in [0.4, 0.5) is 0 Å². The molecular weight excluding hydrogens is 236 g/mol. The summed E-state index contributed by atoms with van der Waals surface area (Å²) in [5, 5.41) is 2.93. The first kappa shape index (κ1) is 15.7. The molecule has 0 aliphatic rings. The summed E-state index contributed by atoms with van der Waals surface area (Å²) in [4.78, 5) is 12.3. The predicted octanol–water partition coefficient (Wildman–Crippen LogP) is 2.38. The van der Waals surface area contributed by atoms with E-state index in [1.54, 1.807) is 0 Å². The van der Waals surface area contributed by atoms with E-state index in [4.69, 9.17) is 5.73 Å². The molecule has 0 unspecified atom stereocenters. The Morgan fingerprint density at radius 3 is 2.11 bits per heavy atom. The van der Waals surface area contributed by atoms with Crippen molar-refractivity contribution in [3.8, 4) is 0 Å². The van der Waals surface area contributed by atoms with Crippen LogP contribution in [0.5, 0.6) is 0 Å². The molecule has 3 nitrogen and oxygen atoms in total. The molecule has 3 N–H and O–H groups in total. The van der Waals surface area contributed by atoms with Gasteiger partial charge in [-0.1, -0.05) is 31.2 Å². The minimum absolute atomic E-state index is 0.00951. The summed E-state index contributed by atoms with van der Waals surface area (Å²) in [5.74, 6) is 0.00951. The Hall–Kier alpha value is -1.35. The third-order valence-corrected chi connectivity index (χ3v) is 3.36. The van der Waals surface area contributed by atoms with Gasteiger partial charge in [0.2, 0.25) is 5.91 Å². The molecule has 1 amide bonds. The zero-order valence-corrected chi connectivity index (χ0v) is 12.7. The Balaban J connectivity index is 2.80. The predicted molar refractivity (Wildman–Crippen MR) is 80.1 cm³/mol. The van der Waals surface area contributed by atoms with Gasteiger partial charge in [0.05, 0.1) is 5.41 Å². The van der Waals surface area contributed by atoms with Gasteiger partial charge in [-0.25, -0.2) is 0 Å². The summed E-state index contributed by atoms with van der Waals surface area (Å²) in [6, 6.07) is 8.23. The fraction of sp³-hybridized carbons (Fsp3) is 0.562. The molecule has 19 heavy (non-hydrogen) atoms. The molecule has 0 aromatic heterocycles. The average molecular weight is 262 g/mol. The number of benzene rings is 1. The smallest absolute Gasteiger partial charge is 0.230 e. The number of hydrogen-bond acceptors (Lipinski definition) is 2. The minimum Gasteiger partial charge on any atom is -0.354 e. The maximum atomic E-state index is 12.3. The molecule has 0 atom stereocenters. The van der Waals surface area contributed by atoms with Gasteiger partial charge in [-0.2, -0.15) is 0 Å². The van der Waals surface area contributed by atoms with Crippen LogP contribution in [0.3, 0.4) is 0 Å². The summed E-state index contributed by atoms with van der Waals surface area (Å²) < 4.78 is 0. The van der Waals surface area contributed by atoms with Crippen LogP contribution in [0, 0.1) is 0 Å². The summed E-state index contributed by atoms with van der Waals surface area (Å²) in [5.41, 5.74) is 7.26. The number of nitrogens with one attached hydrogen (secondary N) is 1. The van der Waals surface area contributed by atoms with Crippen LogP contribution in [0.25, 0.3) is 0 Å². The standard InChI is InChI=1S/C16H26N2O/c1-6-12-7-9-13(10-8-12)16(4,5)14(19)18-11-15(2,3)17/h7-10H,6,11,17H2,1-5H3,(H,18,19). The van der Waals surface area contributed by atoms with Crippen molar-refractivity contribution in [1.29, 1.82) is 0 Å². The van der Waals surface area contributed by atoms with Gasteiger partial charge in [0, 0.05) is 12.1 Å². The number of aryl methyl sites for hydroxylation is 1. The number of carbonyl (C=O) groups excluding carboxylic acids is 1. The first-order valence-corrected chi connectivity index (χ1v) is 6.83. The van der Waals surface area contributed by atoms with Crippen molar-refractivity contribution in [2.45, 2.75) is 52.0 Å². The zero-order valence-electron chi connectivity index (χ0n) is 12.7. The van der Waals surface area contributed by atoms with Crippen molar-refractivity contribution in [2.24, 2.45) is 5.73 Å². The lowest BCUT2D eigenvalue weighted by Gasteiger charge is -2.27. The molecule has 0 fully saturated rings. The average Bonchev–Trinajstić information content (AvgIpc) is 2.35. The Morgan fingerprint density at radius 1 is 1.16 bits per heavy atom. The summed E-state index contributed by atoms with van der Waals surface area (Å²) in [6.45, 7) is 10.3.